The Kier molecular flexibility index (Phi) is 12.0. The first kappa shape index (κ1) is 15.0. The molecule has 0 aliphatic rings. The molecule has 0 aliphatic heterocycles. The van der Waals surface area contributed by atoms with Gasteiger partial charge in [-0.3, -0.25) is 0 Å². The van der Waals surface area contributed by atoms with E-state index in [0.29, 0.717) is 12.5 Å². The van der Waals surface area contributed by atoms with Crippen LogP contribution in [-0.2, 0) is 0 Å². The van der Waals surface area contributed by atoms with Crippen molar-refractivity contribution in [3.63, 3.8) is 0 Å². The Labute approximate surface area is 96.3 Å². The summed E-state index contributed by atoms with van der Waals surface area (Å²) in [6.45, 7) is 4.75. The van der Waals surface area contributed by atoms with E-state index >= 15 is 0 Å². The molecule has 15 heavy (non-hydrogen) atoms. The van der Waals surface area contributed by atoms with Crippen molar-refractivity contribution in [3.8, 4) is 0 Å². The highest BCUT2D eigenvalue weighted by Crippen LogP contribution is 2.12. The summed E-state index contributed by atoms with van der Waals surface area (Å²) >= 11 is 0. The molecule has 92 valence electrons. The van der Waals surface area contributed by atoms with E-state index in [1.54, 1.807) is 0 Å². The van der Waals surface area contributed by atoms with Crippen molar-refractivity contribution in [1.82, 2.24) is 0 Å². The van der Waals surface area contributed by atoms with Gasteiger partial charge in [0, 0.05) is 6.61 Å². The predicted molar refractivity (Wildman–Crippen MR) is 68.1 cm³/mol. The first-order chi connectivity index (χ1) is 7.31. The molecule has 0 rings (SSSR count). The Balaban J connectivity index is 2.92. The molecular formula is C14H30O. The van der Waals surface area contributed by atoms with E-state index in [0.717, 1.165) is 0 Å². The van der Waals surface area contributed by atoms with Crippen molar-refractivity contribution in [1.29, 1.82) is 0 Å². The summed E-state index contributed by atoms with van der Waals surface area (Å²) in [5.74, 6) is 0.509. The van der Waals surface area contributed by atoms with Crippen LogP contribution in [0, 0.1) is 5.92 Å². The Morgan fingerprint density at radius 2 is 1.27 bits per heavy atom. The van der Waals surface area contributed by atoms with Crippen molar-refractivity contribution in [2.45, 2.75) is 78.1 Å². The van der Waals surface area contributed by atoms with Crippen LogP contribution in [0.15, 0.2) is 0 Å². The number of hydrogen-bond acceptors (Lipinski definition) is 1. The molecule has 0 spiro atoms. The van der Waals surface area contributed by atoms with Crippen LogP contribution >= 0.6 is 0 Å². The van der Waals surface area contributed by atoms with Gasteiger partial charge in [-0.1, -0.05) is 71.6 Å². The van der Waals surface area contributed by atoms with E-state index in [9.17, 15) is 0 Å². The summed E-state index contributed by atoms with van der Waals surface area (Å²) in [5, 5.41) is 8.86. The van der Waals surface area contributed by atoms with Crippen LogP contribution in [0.2, 0.25) is 0 Å². The molecule has 0 aliphatic carbocycles. The maximum Gasteiger partial charge on any atom is 0.0456 e. The van der Waals surface area contributed by atoms with Gasteiger partial charge in [-0.15, -0.1) is 0 Å². The monoisotopic (exact) mass is 214 g/mol. The molecule has 0 amide bonds. The van der Waals surface area contributed by atoms with E-state index in [4.69, 9.17) is 5.11 Å². The molecule has 0 aromatic rings. The number of unbranched alkanes of at least 4 members (excludes halogenated alkanes) is 8. The molecule has 1 nitrogen and oxygen atoms in total. The SMILES string of the molecule is CCCCCCCCCCCC(C)CO. The number of aliphatic hydroxyl groups excluding tert-OH is 1. The maximum atomic E-state index is 8.86. The number of rotatable bonds is 11. The highest BCUT2D eigenvalue weighted by atomic mass is 16.3. The minimum atomic E-state index is 0.358. The van der Waals surface area contributed by atoms with Crippen molar-refractivity contribution in [2.24, 2.45) is 5.92 Å². The van der Waals surface area contributed by atoms with Gasteiger partial charge in [0.25, 0.3) is 0 Å². The van der Waals surface area contributed by atoms with Crippen LogP contribution in [-0.4, -0.2) is 11.7 Å². The number of hydrogen-bond donors (Lipinski definition) is 1. The second-order valence-corrected chi connectivity index (χ2v) is 4.90. The van der Waals surface area contributed by atoms with Crippen LogP contribution in [0.25, 0.3) is 0 Å². The summed E-state index contributed by atoms with van der Waals surface area (Å²) in [5.41, 5.74) is 0. The third-order valence-electron chi connectivity index (χ3n) is 3.11. The van der Waals surface area contributed by atoms with Gasteiger partial charge in [0.05, 0.1) is 0 Å². The van der Waals surface area contributed by atoms with Crippen LogP contribution in [0.3, 0.4) is 0 Å². The summed E-state index contributed by atoms with van der Waals surface area (Å²) in [6, 6.07) is 0. The van der Waals surface area contributed by atoms with E-state index < -0.39 is 0 Å². The molecule has 1 heteroatoms. The molecule has 0 radical (unpaired) electrons. The largest absolute Gasteiger partial charge is 0.396 e. The minimum Gasteiger partial charge on any atom is -0.396 e. The lowest BCUT2D eigenvalue weighted by Gasteiger charge is -2.06. The van der Waals surface area contributed by atoms with Crippen molar-refractivity contribution < 1.29 is 5.11 Å². The maximum absolute atomic E-state index is 8.86. The fourth-order valence-electron chi connectivity index (χ4n) is 1.89. The summed E-state index contributed by atoms with van der Waals surface area (Å²) < 4.78 is 0. The second kappa shape index (κ2) is 12.0. The van der Waals surface area contributed by atoms with Crippen molar-refractivity contribution in [3.05, 3.63) is 0 Å². The molecular weight excluding hydrogens is 184 g/mol. The lowest BCUT2D eigenvalue weighted by Crippen LogP contribution is -1.99. The first-order valence-corrected chi connectivity index (χ1v) is 6.92. The summed E-state index contributed by atoms with van der Waals surface area (Å²) in [7, 11) is 0. The van der Waals surface area contributed by atoms with E-state index in [1.807, 2.05) is 0 Å². The van der Waals surface area contributed by atoms with Gasteiger partial charge in [-0.05, 0) is 12.3 Å². The molecule has 0 saturated carbocycles. The highest BCUT2D eigenvalue weighted by Gasteiger charge is 1.98. The third kappa shape index (κ3) is 11.9. The van der Waals surface area contributed by atoms with Gasteiger partial charge >= 0.3 is 0 Å². The van der Waals surface area contributed by atoms with Crippen LogP contribution in [0.5, 0.6) is 0 Å². The molecule has 0 bridgehead atoms. The number of aliphatic hydroxyl groups is 1. The summed E-state index contributed by atoms with van der Waals surface area (Å²) in [6.07, 6.45) is 13.7. The fourth-order valence-corrected chi connectivity index (χ4v) is 1.89. The van der Waals surface area contributed by atoms with Gasteiger partial charge in [-0.25, -0.2) is 0 Å². The summed E-state index contributed by atoms with van der Waals surface area (Å²) in [4.78, 5) is 0. The van der Waals surface area contributed by atoms with E-state index in [1.165, 1.54) is 64.2 Å². The average Bonchev–Trinajstić information content (AvgIpc) is 2.26. The second-order valence-electron chi connectivity index (χ2n) is 4.90. The highest BCUT2D eigenvalue weighted by molar-refractivity contribution is 4.52. The Morgan fingerprint density at radius 1 is 0.800 bits per heavy atom. The quantitative estimate of drug-likeness (QED) is 0.501. The topological polar surface area (TPSA) is 20.2 Å². The zero-order valence-electron chi connectivity index (χ0n) is 10.8. The molecule has 0 saturated heterocycles. The van der Waals surface area contributed by atoms with Gasteiger partial charge in [-0.2, -0.15) is 0 Å². The van der Waals surface area contributed by atoms with Gasteiger partial charge in [0.2, 0.25) is 0 Å². The van der Waals surface area contributed by atoms with E-state index in [2.05, 4.69) is 13.8 Å². The third-order valence-corrected chi connectivity index (χ3v) is 3.11. The Hall–Kier alpha value is -0.0400. The molecule has 1 N–H and O–H groups in total. The smallest absolute Gasteiger partial charge is 0.0456 e. The molecule has 0 aromatic carbocycles. The zero-order valence-corrected chi connectivity index (χ0v) is 10.8. The molecule has 1 atom stereocenters. The Morgan fingerprint density at radius 3 is 1.73 bits per heavy atom. The zero-order chi connectivity index (χ0) is 11.4. The van der Waals surface area contributed by atoms with Crippen molar-refractivity contribution >= 4 is 0 Å². The minimum absolute atomic E-state index is 0.358. The standard InChI is InChI=1S/C14H30O/c1-3-4-5-6-7-8-9-10-11-12-14(2)13-15/h14-15H,3-13H2,1-2H3. The predicted octanol–water partition coefficient (Wildman–Crippen LogP) is 4.54. The van der Waals surface area contributed by atoms with Gasteiger partial charge < -0.3 is 5.11 Å². The molecule has 0 fully saturated rings. The van der Waals surface area contributed by atoms with Gasteiger partial charge in [0.1, 0.15) is 0 Å². The fraction of sp³-hybridized carbons (Fsp3) is 1.00. The molecule has 0 aromatic heterocycles. The average molecular weight is 214 g/mol. The molecule has 0 heterocycles. The molecule has 1 unspecified atom stereocenters. The van der Waals surface area contributed by atoms with E-state index in [-0.39, 0.29) is 0 Å². The van der Waals surface area contributed by atoms with Crippen LogP contribution in [0.1, 0.15) is 78.1 Å². The van der Waals surface area contributed by atoms with Gasteiger partial charge in [0.15, 0.2) is 0 Å². The van der Waals surface area contributed by atoms with Crippen molar-refractivity contribution in [2.75, 3.05) is 6.61 Å². The Bertz CT molecular complexity index is 112. The lowest BCUT2D eigenvalue weighted by atomic mass is 10.0. The first-order valence-electron chi connectivity index (χ1n) is 6.92. The lowest BCUT2D eigenvalue weighted by molar-refractivity contribution is 0.227. The normalized spacial score (nSPS) is 13.0. The van der Waals surface area contributed by atoms with Crippen LogP contribution in [0.4, 0.5) is 0 Å². The van der Waals surface area contributed by atoms with Crippen LogP contribution < -0.4 is 0 Å².